The lowest BCUT2D eigenvalue weighted by atomic mass is 9.86. The van der Waals surface area contributed by atoms with E-state index < -0.39 is 16.7 Å². The number of nitrogens with zero attached hydrogens (tertiary/aromatic N) is 1. The molecule has 1 heterocycles. The summed E-state index contributed by atoms with van der Waals surface area (Å²) in [6, 6.07) is 2.50. The van der Waals surface area contributed by atoms with E-state index in [1.54, 1.807) is 0 Å². The van der Waals surface area contributed by atoms with Gasteiger partial charge in [-0.05, 0) is 37.7 Å². The summed E-state index contributed by atoms with van der Waals surface area (Å²) < 4.78 is 4.84. The molecule has 0 bridgehead atoms. The SMILES string of the molecule is O=C(NC1CCC(CO)CC1)c1ccc([N+](=O)[O-])o1. The van der Waals surface area contributed by atoms with Gasteiger partial charge in [0, 0.05) is 12.6 Å². The lowest BCUT2D eigenvalue weighted by molar-refractivity contribution is -0.402. The van der Waals surface area contributed by atoms with Gasteiger partial charge in [0.05, 0.1) is 6.07 Å². The van der Waals surface area contributed by atoms with Crippen molar-refractivity contribution in [1.29, 1.82) is 0 Å². The van der Waals surface area contributed by atoms with E-state index in [4.69, 9.17) is 9.52 Å². The highest BCUT2D eigenvalue weighted by atomic mass is 16.6. The third-order valence-corrected chi connectivity index (χ3v) is 3.44. The second-order valence-corrected chi connectivity index (χ2v) is 4.77. The molecule has 1 aromatic rings. The first-order valence-corrected chi connectivity index (χ1v) is 6.26. The second kappa shape index (κ2) is 5.83. The van der Waals surface area contributed by atoms with Crippen molar-refractivity contribution in [2.75, 3.05) is 6.61 Å². The van der Waals surface area contributed by atoms with Crippen molar-refractivity contribution < 1.29 is 19.2 Å². The summed E-state index contributed by atoms with van der Waals surface area (Å²) in [5.41, 5.74) is 0. The molecule has 1 saturated carbocycles. The Hall–Kier alpha value is -1.89. The van der Waals surface area contributed by atoms with Gasteiger partial charge in [0.15, 0.2) is 5.76 Å². The van der Waals surface area contributed by atoms with Gasteiger partial charge >= 0.3 is 5.88 Å². The van der Waals surface area contributed by atoms with E-state index in [2.05, 4.69) is 5.32 Å². The Morgan fingerprint density at radius 2 is 2.11 bits per heavy atom. The maximum absolute atomic E-state index is 11.8. The smallest absolute Gasteiger partial charge is 0.396 e. The molecule has 19 heavy (non-hydrogen) atoms. The number of hydrogen-bond donors (Lipinski definition) is 2. The molecule has 0 saturated heterocycles. The molecule has 1 aromatic heterocycles. The molecule has 104 valence electrons. The molecule has 2 rings (SSSR count). The van der Waals surface area contributed by atoms with Gasteiger partial charge in [0.2, 0.25) is 0 Å². The summed E-state index contributed by atoms with van der Waals surface area (Å²) in [7, 11) is 0. The molecule has 1 aliphatic carbocycles. The number of nitrogens with one attached hydrogen (secondary N) is 1. The summed E-state index contributed by atoms with van der Waals surface area (Å²) in [5, 5.41) is 22.3. The van der Waals surface area contributed by atoms with Gasteiger partial charge in [-0.1, -0.05) is 0 Å². The van der Waals surface area contributed by atoms with E-state index in [9.17, 15) is 14.9 Å². The lowest BCUT2D eigenvalue weighted by Crippen LogP contribution is -2.37. The molecule has 0 radical (unpaired) electrons. The predicted octanol–water partition coefficient (Wildman–Crippen LogP) is 1.47. The minimum absolute atomic E-state index is 0.0412. The lowest BCUT2D eigenvalue weighted by Gasteiger charge is -2.27. The van der Waals surface area contributed by atoms with Crippen LogP contribution in [0.1, 0.15) is 36.2 Å². The molecule has 0 unspecified atom stereocenters. The summed E-state index contributed by atoms with van der Waals surface area (Å²) in [6.45, 7) is 0.186. The van der Waals surface area contributed by atoms with Crippen LogP contribution in [0, 0.1) is 16.0 Å². The Labute approximate surface area is 109 Å². The van der Waals surface area contributed by atoms with Crippen molar-refractivity contribution in [2.45, 2.75) is 31.7 Å². The fourth-order valence-corrected chi connectivity index (χ4v) is 2.29. The summed E-state index contributed by atoms with van der Waals surface area (Å²) in [4.78, 5) is 21.6. The number of carbonyl (C=O) groups is 1. The molecule has 1 fully saturated rings. The van der Waals surface area contributed by atoms with Crippen LogP contribution in [0.5, 0.6) is 0 Å². The number of aliphatic hydroxyl groups is 1. The highest BCUT2D eigenvalue weighted by Crippen LogP contribution is 2.24. The minimum Gasteiger partial charge on any atom is -0.396 e. The monoisotopic (exact) mass is 268 g/mol. The van der Waals surface area contributed by atoms with Crippen molar-refractivity contribution in [2.24, 2.45) is 5.92 Å². The number of aliphatic hydroxyl groups excluding tert-OH is 1. The van der Waals surface area contributed by atoms with Gasteiger partial charge in [-0.3, -0.25) is 14.9 Å². The van der Waals surface area contributed by atoms with Crippen LogP contribution in [0.15, 0.2) is 16.5 Å². The molecule has 2 N–H and O–H groups in total. The van der Waals surface area contributed by atoms with Crippen LogP contribution in [0.25, 0.3) is 0 Å². The van der Waals surface area contributed by atoms with Crippen LogP contribution in [0.3, 0.4) is 0 Å². The molecular formula is C12H16N2O5. The molecule has 0 spiro atoms. The molecular weight excluding hydrogens is 252 g/mol. The van der Waals surface area contributed by atoms with E-state index in [0.29, 0.717) is 5.92 Å². The first kappa shape index (κ1) is 13.5. The Morgan fingerprint density at radius 3 is 2.63 bits per heavy atom. The molecule has 0 aliphatic heterocycles. The Bertz CT molecular complexity index is 462. The summed E-state index contributed by atoms with van der Waals surface area (Å²) >= 11 is 0. The zero-order chi connectivity index (χ0) is 13.8. The van der Waals surface area contributed by atoms with E-state index in [0.717, 1.165) is 31.7 Å². The average Bonchev–Trinajstić information content (AvgIpc) is 2.89. The highest BCUT2D eigenvalue weighted by molar-refractivity contribution is 5.91. The number of amides is 1. The topological polar surface area (TPSA) is 106 Å². The number of rotatable bonds is 4. The van der Waals surface area contributed by atoms with Gasteiger partial charge in [-0.15, -0.1) is 0 Å². The minimum atomic E-state index is -0.677. The third kappa shape index (κ3) is 3.31. The molecule has 1 aliphatic rings. The van der Waals surface area contributed by atoms with Crippen molar-refractivity contribution in [3.63, 3.8) is 0 Å². The van der Waals surface area contributed by atoms with E-state index >= 15 is 0 Å². The number of hydrogen-bond acceptors (Lipinski definition) is 5. The van der Waals surface area contributed by atoms with Gasteiger partial charge in [0.1, 0.15) is 4.92 Å². The van der Waals surface area contributed by atoms with Crippen LogP contribution >= 0.6 is 0 Å². The quantitative estimate of drug-likeness (QED) is 0.635. The van der Waals surface area contributed by atoms with Crippen LogP contribution in [0.4, 0.5) is 5.88 Å². The zero-order valence-corrected chi connectivity index (χ0v) is 10.4. The summed E-state index contributed by atoms with van der Waals surface area (Å²) in [6.07, 6.45) is 3.36. The number of furan rings is 1. The predicted molar refractivity (Wildman–Crippen MR) is 65.7 cm³/mol. The molecule has 7 heteroatoms. The fourth-order valence-electron chi connectivity index (χ4n) is 2.29. The van der Waals surface area contributed by atoms with Gasteiger partial charge in [-0.25, -0.2) is 0 Å². The number of nitro groups is 1. The van der Waals surface area contributed by atoms with E-state index in [1.807, 2.05) is 0 Å². The van der Waals surface area contributed by atoms with Crippen molar-refractivity contribution >= 4 is 11.8 Å². The Morgan fingerprint density at radius 1 is 1.42 bits per heavy atom. The maximum Gasteiger partial charge on any atom is 0.433 e. The van der Waals surface area contributed by atoms with Gasteiger partial charge in [0.25, 0.3) is 5.91 Å². The Balaban J connectivity index is 1.88. The first-order chi connectivity index (χ1) is 9.10. The standard InChI is InChI=1S/C12H16N2O5/c15-7-8-1-3-9(4-2-8)13-12(16)10-5-6-11(19-10)14(17)18/h5-6,8-9,15H,1-4,7H2,(H,13,16). The van der Waals surface area contributed by atoms with E-state index in [-0.39, 0.29) is 18.4 Å². The van der Waals surface area contributed by atoms with Crippen LogP contribution < -0.4 is 5.32 Å². The molecule has 0 atom stereocenters. The fraction of sp³-hybridized carbons (Fsp3) is 0.583. The van der Waals surface area contributed by atoms with Crippen molar-refractivity contribution in [3.05, 3.63) is 28.0 Å². The van der Waals surface area contributed by atoms with Crippen molar-refractivity contribution in [1.82, 2.24) is 5.32 Å². The maximum atomic E-state index is 11.8. The molecule has 7 nitrogen and oxygen atoms in total. The highest BCUT2D eigenvalue weighted by Gasteiger charge is 2.24. The zero-order valence-electron chi connectivity index (χ0n) is 10.4. The van der Waals surface area contributed by atoms with Crippen LogP contribution in [-0.2, 0) is 0 Å². The average molecular weight is 268 g/mol. The van der Waals surface area contributed by atoms with Gasteiger partial charge < -0.3 is 14.8 Å². The normalized spacial score (nSPS) is 23.0. The second-order valence-electron chi connectivity index (χ2n) is 4.77. The van der Waals surface area contributed by atoms with Gasteiger partial charge in [-0.2, -0.15) is 0 Å². The third-order valence-electron chi connectivity index (χ3n) is 3.44. The van der Waals surface area contributed by atoms with Crippen molar-refractivity contribution in [3.8, 4) is 0 Å². The molecule has 0 aromatic carbocycles. The van der Waals surface area contributed by atoms with Crippen LogP contribution in [0.2, 0.25) is 0 Å². The van der Waals surface area contributed by atoms with Crippen LogP contribution in [-0.4, -0.2) is 28.6 Å². The largest absolute Gasteiger partial charge is 0.433 e. The molecule has 1 amide bonds. The Kier molecular flexibility index (Phi) is 4.16. The van der Waals surface area contributed by atoms with E-state index in [1.165, 1.54) is 6.07 Å². The summed E-state index contributed by atoms with van der Waals surface area (Å²) in [5.74, 6) is -0.594. The first-order valence-electron chi connectivity index (χ1n) is 6.26. The number of carbonyl (C=O) groups excluding carboxylic acids is 1.